The van der Waals surface area contributed by atoms with Gasteiger partial charge in [-0.05, 0) is 41.1 Å². The molecule has 0 saturated carbocycles. The van der Waals surface area contributed by atoms with Gasteiger partial charge in [-0.2, -0.15) is 5.10 Å². The lowest BCUT2D eigenvalue weighted by Gasteiger charge is -2.27. The number of amides is 3. The van der Waals surface area contributed by atoms with Crippen molar-refractivity contribution in [3.8, 4) is 0 Å². The first-order chi connectivity index (χ1) is 15.7. The van der Waals surface area contributed by atoms with Crippen LogP contribution in [0.25, 0.3) is 0 Å². The fourth-order valence-corrected chi connectivity index (χ4v) is 4.70. The molecule has 2 aliphatic rings. The molecule has 2 N–H and O–H groups in total. The van der Waals surface area contributed by atoms with Crippen molar-refractivity contribution in [1.82, 2.24) is 24.9 Å². The Hall–Kier alpha value is -2.53. The maximum atomic E-state index is 13.5. The summed E-state index contributed by atoms with van der Waals surface area (Å²) in [5.74, 6) is -0.444. The van der Waals surface area contributed by atoms with Crippen molar-refractivity contribution in [1.29, 1.82) is 0 Å². The first-order valence-electron chi connectivity index (χ1n) is 10.9. The van der Waals surface area contributed by atoms with Gasteiger partial charge in [0.05, 0.1) is 16.7 Å². The van der Waals surface area contributed by atoms with Crippen LogP contribution in [0.15, 0.2) is 22.7 Å². The summed E-state index contributed by atoms with van der Waals surface area (Å²) in [5, 5.41) is 10.6. The van der Waals surface area contributed by atoms with Crippen LogP contribution in [0.1, 0.15) is 28.7 Å². The van der Waals surface area contributed by atoms with E-state index in [9.17, 15) is 18.4 Å². The molecule has 1 unspecified atom stereocenters. The number of urea groups is 1. The van der Waals surface area contributed by atoms with Crippen molar-refractivity contribution in [2.24, 2.45) is 5.92 Å². The number of benzene rings is 1. The summed E-state index contributed by atoms with van der Waals surface area (Å²) in [6.07, 6.45) is -0.398. The lowest BCUT2D eigenvalue weighted by molar-refractivity contribution is 0.0778. The van der Waals surface area contributed by atoms with Crippen LogP contribution in [0.3, 0.4) is 0 Å². The molecule has 2 aliphatic heterocycles. The van der Waals surface area contributed by atoms with Gasteiger partial charge >= 0.3 is 6.03 Å². The molecule has 0 radical (unpaired) electrons. The molecule has 2 atom stereocenters. The van der Waals surface area contributed by atoms with Crippen molar-refractivity contribution in [3.05, 3.63) is 45.4 Å². The van der Waals surface area contributed by atoms with E-state index < -0.39 is 12.0 Å². The summed E-state index contributed by atoms with van der Waals surface area (Å²) in [6, 6.07) is 3.95. The van der Waals surface area contributed by atoms with E-state index >= 15 is 0 Å². The maximum Gasteiger partial charge on any atom is 0.322 e. The number of carbonyl (C=O) groups is 2. The molecular weight excluding hydrogens is 498 g/mol. The van der Waals surface area contributed by atoms with E-state index in [0.717, 1.165) is 11.3 Å². The lowest BCUT2D eigenvalue weighted by Crippen LogP contribution is -2.40. The highest BCUT2D eigenvalue weighted by molar-refractivity contribution is 9.10. The van der Waals surface area contributed by atoms with Gasteiger partial charge < -0.3 is 20.4 Å². The number of nitrogens with one attached hydrogen (secondary N) is 2. The standard InChI is InChI=1S/C22H27BrF2N6O2/c1-13(24)8-26-9-14-10-29(2)21(32)20-16-12-30(6-5-19(16)28-31(20)11-14)22(33)27-15-3-4-18(25)17(23)7-15/h3-4,7,13-14,26H,5-6,8-12H2,1-2H3,(H,27,33)/t13?,14-/m1/s1. The Balaban J connectivity index is 1.50. The topological polar surface area (TPSA) is 82.5 Å². The van der Waals surface area contributed by atoms with Gasteiger partial charge in [-0.15, -0.1) is 0 Å². The molecule has 1 aromatic heterocycles. The Morgan fingerprint density at radius 1 is 1.36 bits per heavy atom. The molecule has 4 rings (SSSR count). The van der Waals surface area contributed by atoms with Crippen LogP contribution in [-0.2, 0) is 19.5 Å². The van der Waals surface area contributed by atoms with Gasteiger partial charge in [0.2, 0.25) is 0 Å². The van der Waals surface area contributed by atoms with Gasteiger partial charge in [0.1, 0.15) is 17.7 Å². The molecule has 0 fully saturated rings. The number of fused-ring (bicyclic) bond motifs is 3. The summed E-state index contributed by atoms with van der Waals surface area (Å²) < 4.78 is 28.6. The van der Waals surface area contributed by atoms with Crippen molar-refractivity contribution >= 4 is 33.6 Å². The molecule has 0 saturated heterocycles. The zero-order valence-electron chi connectivity index (χ0n) is 18.6. The number of halogens is 3. The Morgan fingerprint density at radius 3 is 2.88 bits per heavy atom. The molecule has 33 heavy (non-hydrogen) atoms. The minimum Gasteiger partial charge on any atom is -0.340 e. The van der Waals surface area contributed by atoms with E-state index in [1.165, 1.54) is 25.1 Å². The number of hydrogen-bond acceptors (Lipinski definition) is 4. The highest BCUT2D eigenvalue weighted by Gasteiger charge is 2.34. The van der Waals surface area contributed by atoms with Crippen molar-refractivity contribution in [3.63, 3.8) is 0 Å². The lowest BCUT2D eigenvalue weighted by atomic mass is 10.0. The summed E-state index contributed by atoms with van der Waals surface area (Å²) in [7, 11) is 1.75. The van der Waals surface area contributed by atoms with E-state index in [4.69, 9.17) is 0 Å². The van der Waals surface area contributed by atoms with Crippen LogP contribution in [0.4, 0.5) is 19.3 Å². The number of aromatic nitrogens is 2. The van der Waals surface area contributed by atoms with Crippen LogP contribution < -0.4 is 10.6 Å². The van der Waals surface area contributed by atoms with Crippen LogP contribution in [-0.4, -0.2) is 70.9 Å². The van der Waals surface area contributed by atoms with Crippen molar-refractivity contribution in [2.45, 2.75) is 32.6 Å². The first-order valence-corrected chi connectivity index (χ1v) is 11.7. The zero-order valence-corrected chi connectivity index (χ0v) is 20.2. The second kappa shape index (κ2) is 9.76. The summed E-state index contributed by atoms with van der Waals surface area (Å²) in [5.41, 5.74) is 2.57. The smallest absolute Gasteiger partial charge is 0.322 e. The predicted octanol–water partition coefficient (Wildman–Crippen LogP) is 3.02. The van der Waals surface area contributed by atoms with Crippen molar-refractivity contribution in [2.75, 3.05) is 38.5 Å². The number of hydrogen-bond donors (Lipinski definition) is 2. The molecule has 178 valence electrons. The van der Waals surface area contributed by atoms with Gasteiger partial charge in [-0.25, -0.2) is 13.6 Å². The zero-order chi connectivity index (χ0) is 23.7. The van der Waals surface area contributed by atoms with Crippen LogP contribution in [0.5, 0.6) is 0 Å². The number of carbonyl (C=O) groups excluding carboxylic acids is 2. The van der Waals surface area contributed by atoms with E-state index in [1.54, 1.807) is 21.5 Å². The van der Waals surface area contributed by atoms with Crippen molar-refractivity contribution < 1.29 is 18.4 Å². The predicted molar refractivity (Wildman–Crippen MR) is 123 cm³/mol. The van der Waals surface area contributed by atoms with Gasteiger partial charge in [-0.1, -0.05) is 0 Å². The average molecular weight is 525 g/mol. The molecule has 8 nitrogen and oxygen atoms in total. The van der Waals surface area contributed by atoms with E-state index in [0.29, 0.717) is 44.0 Å². The maximum absolute atomic E-state index is 13.5. The third-order valence-corrected chi connectivity index (χ3v) is 6.54. The molecule has 1 aromatic carbocycles. The molecule has 0 spiro atoms. The van der Waals surface area contributed by atoms with Gasteiger partial charge in [0.15, 0.2) is 0 Å². The molecule has 0 aliphatic carbocycles. The second-order valence-electron chi connectivity index (χ2n) is 8.68. The second-order valence-corrected chi connectivity index (χ2v) is 9.53. The highest BCUT2D eigenvalue weighted by Crippen LogP contribution is 2.27. The quantitative estimate of drug-likeness (QED) is 0.629. The third kappa shape index (κ3) is 5.19. The molecule has 0 bridgehead atoms. The Morgan fingerprint density at radius 2 is 2.15 bits per heavy atom. The first kappa shape index (κ1) is 23.6. The fraction of sp³-hybridized carbons (Fsp3) is 0.500. The Bertz CT molecular complexity index is 1060. The monoisotopic (exact) mass is 524 g/mol. The molecule has 11 heteroatoms. The molecule has 2 aromatic rings. The van der Waals surface area contributed by atoms with Crippen LogP contribution in [0, 0.1) is 11.7 Å². The number of nitrogens with zero attached hydrogens (tertiary/aromatic N) is 4. The molecular formula is C22H27BrF2N6O2. The van der Waals surface area contributed by atoms with Gasteiger partial charge in [0.25, 0.3) is 5.91 Å². The minimum absolute atomic E-state index is 0.0941. The number of anilines is 1. The normalized spacial score (nSPS) is 19.1. The highest BCUT2D eigenvalue weighted by atomic mass is 79.9. The van der Waals surface area contributed by atoms with Gasteiger partial charge in [-0.3, -0.25) is 9.48 Å². The van der Waals surface area contributed by atoms with E-state index in [1.807, 2.05) is 0 Å². The third-order valence-electron chi connectivity index (χ3n) is 5.93. The van der Waals surface area contributed by atoms with Crippen LogP contribution in [0.2, 0.25) is 0 Å². The molecule has 3 amide bonds. The minimum atomic E-state index is -0.934. The number of rotatable bonds is 5. The summed E-state index contributed by atoms with van der Waals surface area (Å²) in [6.45, 7) is 4.16. The Labute approximate surface area is 199 Å². The fourth-order valence-electron chi connectivity index (χ4n) is 4.32. The number of alkyl halides is 1. The Kier molecular flexibility index (Phi) is 6.99. The van der Waals surface area contributed by atoms with Crippen LogP contribution >= 0.6 is 15.9 Å². The summed E-state index contributed by atoms with van der Waals surface area (Å²) >= 11 is 3.12. The SMILES string of the molecule is CC(F)CNC[C@@H]1CN(C)C(=O)c2c3c(nn2C1)CCN(C(=O)Nc1ccc(F)c(Br)c1)C3. The molecule has 3 heterocycles. The van der Waals surface area contributed by atoms with Gasteiger partial charge in [0, 0.05) is 63.4 Å². The van der Waals surface area contributed by atoms with E-state index in [2.05, 4.69) is 31.7 Å². The largest absolute Gasteiger partial charge is 0.340 e. The average Bonchev–Trinajstić information content (AvgIpc) is 3.06. The summed E-state index contributed by atoms with van der Waals surface area (Å²) in [4.78, 5) is 29.3. The van der Waals surface area contributed by atoms with E-state index in [-0.39, 0.29) is 35.4 Å².